The zero-order valence-electron chi connectivity index (χ0n) is 23.4. The van der Waals surface area contributed by atoms with E-state index in [9.17, 15) is 24.3 Å². The molecule has 0 unspecified atom stereocenters. The monoisotopic (exact) mass is 532 g/mol. The van der Waals surface area contributed by atoms with Gasteiger partial charge in [0.15, 0.2) is 0 Å². The lowest BCUT2D eigenvalue weighted by atomic mass is 10.1. The van der Waals surface area contributed by atoms with E-state index < -0.39 is 35.5 Å². The fraction of sp³-hybridized carbons (Fsp3) is 0.840. The lowest BCUT2D eigenvalue weighted by Crippen LogP contribution is -2.43. The van der Waals surface area contributed by atoms with E-state index in [4.69, 9.17) is 18.9 Å². The largest absolute Gasteiger partial charge is 0.469 e. The Labute approximate surface area is 219 Å². The molecule has 2 amide bonds. The van der Waals surface area contributed by atoms with Crippen LogP contribution >= 0.6 is 0 Å². The van der Waals surface area contributed by atoms with Crippen molar-refractivity contribution in [1.29, 1.82) is 0 Å². The van der Waals surface area contributed by atoms with Crippen molar-refractivity contribution in [2.75, 3.05) is 21.3 Å². The van der Waals surface area contributed by atoms with Gasteiger partial charge in [-0.25, -0.2) is 9.59 Å². The Morgan fingerprint density at radius 3 is 1.49 bits per heavy atom. The molecule has 0 heterocycles. The highest BCUT2D eigenvalue weighted by Gasteiger charge is 2.40. The van der Waals surface area contributed by atoms with Crippen molar-refractivity contribution >= 4 is 24.1 Å². The third-order valence-corrected chi connectivity index (χ3v) is 5.81. The first kappa shape index (κ1) is 32.4. The molecule has 6 atom stereocenters. The van der Waals surface area contributed by atoms with Crippen molar-refractivity contribution in [3.63, 3.8) is 0 Å². The molecule has 37 heavy (non-hydrogen) atoms. The van der Waals surface area contributed by atoms with Crippen LogP contribution in [0.25, 0.3) is 0 Å². The molecule has 2 aliphatic rings. The molecule has 2 aliphatic carbocycles. The minimum Gasteiger partial charge on any atom is -0.469 e. The number of amides is 2. The van der Waals surface area contributed by atoms with E-state index in [0.717, 1.165) is 0 Å². The molecule has 3 N–H and O–H groups in total. The molecule has 0 aromatic heterocycles. The van der Waals surface area contributed by atoms with E-state index in [0.29, 0.717) is 25.7 Å². The van der Waals surface area contributed by atoms with Gasteiger partial charge in [-0.2, -0.15) is 0 Å². The molecule has 0 aromatic carbocycles. The lowest BCUT2D eigenvalue weighted by molar-refractivity contribution is -0.146. The summed E-state index contributed by atoms with van der Waals surface area (Å²) in [5, 5.41) is 15.1. The van der Waals surface area contributed by atoms with Gasteiger partial charge >= 0.3 is 24.1 Å². The Balaban J connectivity index is 0.000000371. The minimum absolute atomic E-state index is 0.198. The Bertz CT molecular complexity index is 789. The molecule has 0 bridgehead atoms. The number of hydrogen-bond donors (Lipinski definition) is 3. The molecule has 0 aromatic rings. The van der Waals surface area contributed by atoms with Gasteiger partial charge in [-0.05, 0) is 67.2 Å². The molecule has 214 valence electrons. The molecule has 12 heteroatoms. The van der Waals surface area contributed by atoms with E-state index in [1.54, 1.807) is 48.7 Å². The SMILES string of the molecule is COC(=O)[C@@H]1C[C@H](NC(=O)OC(C)(C)C)[C@H](OC)C1.COC(=O)[C@H]1C[C@@H](O)[C@@H](NC(=O)OC(C)(C)C)C1. The van der Waals surface area contributed by atoms with Gasteiger partial charge in [0.05, 0.1) is 50.3 Å². The van der Waals surface area contributed by atoms with Crippen LogP contribution < -0.4 is 10.6 Å². The summed E-state index contributed by atoms with van der Waals surface area (Å²) in [4.78, 5) is 46.1. The summed E-state index contributed by atoms with van der Waals surface area (Å²) in [6.07, 6.45) is -0.311. The molecule has 0 radical (unpaired) electrons. The second-order valence-electron chi connectivity index (χ2n) is 11.2. The highest BCUT2D eigenvalue weighted by atomic mass is 16.6. The predicted molar refractivity (Wildman–Crippen MR) is 133 cm³/mol. The minimum atomic E-state index is -0.749. The fourth-order valence-corrected chi connectivity index (χ4v) is 4.22. The molecule has 0 spiro atoms. The van der Waals surface area contributed by atoms with Gasteiger partial charge in [-0.1, -0.05) is 0 Å². The quantitative estimate of drug-likeness (QED) is 0.354. The fourth-order valence-electron chi connectivity index (χ4n) is 4.22. The van der Waals surface area contributed by atoms with Crippen LogP contribution in [0.15, 0.2) is 0 Å². The summed E-state index contributed by atoms with van der Waals surface area (Å²) in [7, 11) is 4.23. The highest BCUT2D eigenvalue weighted by molar-refractivity contribution is 5.74. The number of rotatable bonds is 5. The van der Waals surface area contributed by atoms with Crippen molar-refractivity contribution in [3.05, 3.63) is 0 Å². The first-order valence-electron chi connectivity index (χ1n) is 12.3. The van der Waals surface area contributed by atoms with Gasteiger partial charge < -0.3 is 39.4 Å². The van der Waals surface area contributed by atoms with Crippen LogP contribution in [0.3, 0.4) is 0 Å². The normalized spacial score (nSPS) is 27.3. The summed E-state index contributed by atoms with van der Waals surface area (Å²) < 4.78 is 24.9. The maximum absolute atomic E-state index is 11.7. The number of nitrogens with one attached hydrogen (secondary N) is 2. The first-order chi connectivity index (χ1) is 17.0. The number of hydrogen-bond acceptors (Lipinski definition) is 10. The van der Waals surface area contributed by atoms with E-state index >= 15 is 0 Å². The van der Waals surface area contributed by atoms with Crippen molar-refractivity contribution in [3.8, 4) is 0 Å². The Morgan fingerprint density at radius 1 is 0.676 bits per heavy atom. The molecule has 0 aliphatic heterocycles. The van der Waals surface area contributed by atoms with Crippen LogP contribution in [0.4, 0.5) is 9.59 Å². The third-order valence-electron chi connectivity index (χ3n) is 5.81. The van der Waals surface area contributed by atoms with Gasteiger partial charge in [0, 0.05) is 7.11 Å². The number of carbonyl (C=O) groups excluding carboxylic acids is 4. The van der Waals surface area contributed by atoms with E-state index in [-0.39, 0.29) is 35.9 Å². The van der Waals surface area contributed by atoms with Crippen molar-refractivity contribution in [1.82, 2.24) is 10.6 Å². The second-order valence-corrected chi connectivity index (χ2v) is 11.2. The van der Waals surface area contributed by atoms with Crippen LogP contribution in [0.1, 0.15) is 67.2 Å². The Morgan fingerprint density at radius 2 is 1.08 bits per heavy atom. The smallest absolute Gasteiger partial charge is 0.407 e. The average Bonchev–Trinajstić information content (AvgIpc) is 3.33. The molecule has 12 nitrogen and oxygen atoms in total. The summed E-state index contributed by atoms with van der Waals surface area (Å²) in [6.45, 7) is 10.7. The molecule has 2 rings (SSSR count). The van der Waals surface area contributed by atoms with E-state index in [1.165, 1.54) is 14.2 Å². The van der Waals surface area contributed by atoms with Crippen LogP contribution in [0.5, 0.6) is 0 Å². The average molecular weight is 533 g/mol. The molecular weight excluding hydrogens is 488 g/mol. The van der Waals surface area contributed by atoms with Gasteiger partial charge in [0.1, 0.15) is 11.2 Å². The van der Waals surface area contributed by atoms with E-state index in [2.05, 4.69) is 15.4 Å². The summed E-state index contributed by atoms with van der Waals surface area (Å²) in [5.41, 5.74) is -1.14. The standard InChI is InChI=1S/C13H23NO5.C12H21NO5/c1-13(2,3)19-12(16)14-9-6-8(11(15)18-5)7-10(9)17-4;1-12(2,3)18-11(16)13-8-5-7(6-9(8)14)10(15)17-4/h8-10H,6-7H2,1-5H3,(H,14,16);7-9,14H,5-6H2,1-4H3,(H,13,16)/t8-,9+,10-;7-,8+,9-/m11/s1. The maximum atomic E-state index is 11.7. The number of esters is 2. The number of aliphatic hydroxyl groups excluding tert-OH is 1. The Kier molecular flexibility index (Phi) is 12.1. The molecule has 2 fully saturated rings. The van der Waals surface area contributed by atoms with Crippen LogP contribution in [-0.2, 0) is 33.3 Å². The van der Waals surface area contributed by atoms with Gasteiger partial charge in [0.2, 0.25) is 0 Å². The summed E-state index contributed by atoms with van der Waals surface area (Å²) >= 11 is 0. The van der Waals surface area contributed by atoms with Crippen molar-refractivity contribution in [2.45, 2.75) is 103 Å². The molecule has 2 saturated carbocycles. The highest BCUT2D eigenvalue weighted by Crippen LogP contribution is 2.29. The molecular formula is C25H44N2O10. The lowest BCUT2D eigenvalue weighted by Gasteiger charge is -2.24. The zero-order valence-corrected chi connectivity index (χ0v) is 23.4. The zero-order chi connectivity index (χ0) is 28.6. The Hall–Kier alpha value is -2.60. The number of methoxy groups -OCH3 is 3. The first-order valence-corrected chi connectivity index (χ1v) is 12.3. The van der Waals surface area contributed by atoms with Crippen LogP contribution in [0, 0.1) is 11.8 Å². The van der Waals surface area contributed by atoms with E-state index in [1.807, 2.05) is 0 Å². The van der Waals surface area contributed by atoms with Crippen LogP contribution in [0.2, 0.25) is 0 Å². The van der Waals surface area contributed by atoms with Crippen molar-refractivity contribution < 1.29 is 48.0 Å². The molecule has 0 saturated heterocycles. The summed E-state index contributed by atoms with van der Waals surface area (Å²) in [6, 6.07) is -0.701. The predicted octanol–water partition coefficient (Wildman–Crippen LogP) is 2.30. The maximum Gasteiger partial charge on any atom is 0.407 e. The van der Waals surface area contributed by atoms with Crippen LogP contribution in [-0.4, -0.2) is 86.1 Å². The number of aliphatic hydroxyl groups is 1. The number of carbonyl (C=O) groups is 4. The third kappa shape index (κ3) is 11.5. The summed E-state index contributed by atoms with van der Waals surface area (Å²) in [5.74, 6) is -1.24. The van der Waals surface area contributed by atoms with Gasteiger partial charge in [-0.3, -0.25) is 9.59 Å². The topological polar surface area (TPSA) is 159 Å². The second kappa shape index (κ2) is 13.8. The number of ether oxygens (including phenoxy) is 5. The van der Waals surface area contributed by atoms with Gasteiger partial charge in [0.25, 0.3) is 0 Å². The van der Waals surface area contributed by atoms with Crippen molar-refractivity contribution in [2.24, 2.45) is 11.8 Å². The number of alkyl carbamates (subject to hydrolysis) is 2. The van der Waals surface area contributed by atoms with Gasteiger partial charge in [-0.15, -0.1) is 0 Å².